The molecule has 0 spiro atoms. The normalized spacial score (nSPS) is 15.6. The van der Waals surface area contributed by atoms with Gasteiger partial charge >= 0.3 is 5.97 Å². The van der Waals surface area contributed by atoms with Gasteiger partial charge < -0.3 is 19.7 Å². The molecule has 1 N–H and O–H groups in total. The summed E-state index contributed by atoms with van der Waals surface area (Å²) in [5, 5.41) is 7.15. The number of fused-ring (bicyclic) bond motifs is 1. The Labute approximate surface area is 164 Å². The molecule has 0 radical (unpaired) electrons. The Bertz CT molecular complexity index is 814. The first-order chi connectivity index (χ1) is 13.6. The van der Waals surface area contributed by atoms with E-state index in [9.17, 15) is 9.59 Å². The molecule has 3 rings (SSSR count). The van der Waals surface area contributed by atoms with Crippen molar-refractivity contribution in [3.05, 3.63) is 29.7 Å². The summed E-state index contributed by atoms with van der Waals surface area (Å²) in [7, 11) is 1.72. The molecule has 0 atom stereocenters. The van der Waals surface area contributed by atoms with Crippen LogP contribution >= 0.6 is 0 Å². The molecule has 28 heavy (non-hydrogen) atoms. The summed E-state index contributed by atoms with van der Waals surface area (Å²) >= 11 is 0. The number of esters is 1. The second kappa shape index (κ2) is 9.61. The van der Waals surface area contributed by atoms with E-state index in [0.29, 0.717) is 23.8 Å². The Morgan fingerprint density at radius 3 is 2.82 bits per heavy atom. The largest absolute Gasteiger partial charge is 0.462 e. The number of hydrogen-bond donors (Lipinski definition) is 1. The maximum Gasteiger partial charge on any atom is 0.343 e. The summed E-state index contributed by atoms with van der Waals surface area (Å²) in [6.07, 6.45) is 4.98. The van der Waals surface area contributed by atoms with Crippen LogP contribution in [0.2, 0.25) is 0 Å². The third-order valence-electron chi connectivity index (χ3n) is 5.00. The summed E-state index contributed by atoms with van der Waals surface area (Å²) < 4.78 is 11.5. The Hall–Kier alpha value is -2.52. The lowest BCUT2D eigenvalue weighted by Gasteiger charge is -2.31. The van der Waals surface area contributed by atoms with E-state index in [1.807, 2.05) is 0 Å². The van der Waals surface area contributed by atoms with Crippen LogP contribution in [0, 0.1) is 5.92 Å². The summed E-state index contributed by atoms with van der Waals surface area (Å²) in [6.45, 7) is 6.35. The Morgan fingerprint density at radius 1 is 1.32 bits per heavy atom. The van der Waals surface area contributed by atoms with Crippen LogP contribution in [0.15, 0.2) is 18.5 Å². The Balaban J connectivity index is 1.59. The Morgan fingerprint density at radius 2 is 2.11 bits per heavy atom. The number of aromatic nitrogens is 3. The summed E-state index contributed by atoms with van der Waals surface area (Å²) in [6, 6.07) is 1.59. The lowest BCUT2D eigenvalue weighted by molar-refractivity contribution is 0.0528. The lowest BCUT2D eigenvalue weighted by Crippen LogP contribution is -2.40. The van der Waals surface area contributed by atoms with Gasteiger partial charge in [0.2, 0.25) is 0 Å². The predicted octanol–water partition coefficient (Wildman–Crippen LogP) is 0.994. The lowest BCUT2D eigenvalue weighted by atomic mass is 9.97. The number of ether oxygens (including phenoxy) is 2. The molecule has 2 aromatic heterocycles. The zero-order valence-corrected chi connectivity index (χ0v) is 16.4. The van der Waals surface area contributed by atoms with Crippen LogP contribution in [-0.4, -0.2) is 77.9 Å². The van der Waals surface area contributed by atoms with E-state index in [-0.39, 0.29) is 18.1 Å². The number of nitrogens with one attached hydrogen (secondary N) is 1. The second-order valence-corrected chi connectivity index (χ2v) is 6.83. The van der Waals surface area contributed by atoms with Gasteiger partial charge in [-0.15, -0.1) is 0 Å². The molecule has 0 saturated carbocycles. The van der Waals surface area contributed by atoms with Crippen molar-refractivity contribution in [3.63, 3.8) is 0 Å². The van der Waals surface area contributed by atoms with E-state index in [1.54, 1.807) is 20.1 Å². The molecule has 3 heterocycles. The van der Waals surface area contributed by atoms with Gasteiger partial charge in [0.15, 0.2) is 5.65 Å². The number of hydrogen-bond acceptors (Lipinski definition) is 7. The second-order valence-electron chi connectivity index (χ2n) is 6.83. The number of carbonyl (C=O) groups excluding carboxylic acids is 2. The van der Waals surface area contributed by atoms with E-state index in [0.717, 1.165) is 39.1 Å². The van der Waals surface area contributed by atoms with Crippen LogP contribution in [0.1, 0.15) is 40.6 Å². The quantitative estimate of drug-likeness (QED) is 0.673. The first kappa shape index (κ1) is 20.2. The van der Waals surface area contributed by atoms with Crippen LogP contribution in [0.5, 0.6) is 0 Å². The summed E-state index contributed by atoms with van der Waals surface area (Å²) in [5.74, 6) is -0.275. The fourth-order valence-corrected chi connectivity index (χ4v) is 3.38. The van der Waals surface area contributed by atoms with Crippen LogP contribution in [0.3, 0.4) is 0 Å². The number of nitrogens with zero attached hydrogens (tertiary/aromatic N) is 4. The number of piperidine rings is 1. The van der Waals surface area contributed by atoms with Gasteiger partial charge in [0.1, 0.15) is 11.3 Å². The molecule has 1 aliphatic heterocycles. The molecule has 1 fully saturated rings. The highest BCUT2D eigenvalue weighted by Gasteiger charge is 2.22. The molecule has 0 aromatic carbocycles. The fourth-order valence-electron chi connectivity index (χ4n) is 3.38. The third kappa shape index (κ3) is 4.66. The topological polar surface area (TPSA) is 98.1 Å². The first-order valence-electron chi connectivity index (χ1n) is 9.63. The molecule has 2 aromatic rings. The smallest absolute Gasteiger partial charge is 0.343 e. The molecule has 1 saturated heterocycles. The van der Waals surface area contributed by atoms with Crippen molar-refractivity contribution in [1.29, 1.82) is 0 Å². The predicted molar refractivity (Wildman–Crippen MR) is 102 cm³/mol. The molecular weight excluding hydrogens is 362 g/mol. The van der Waals surface area contributed by atoms with Crippen molar-refractivity contribution in [1.82, 2.24) is 24.8 Å². The van der Waals surface area contributed by atoms with Crippen molar-refractivity contribution in [2.75, 3.05) is 46.5 Å². The molecule has 9 nitrogen and oxygen atoms in total. The van der Waals surface area contributed by atoms with Gasteiger partial charge in [-0.1, -0.05) is 0 Å². The van der Waals surface area contributed by atoms with Crippen molar-refractivity contribution >= 4 is 17.5 Å². The first-order valence-corrected chi connectivity index (χ1v) is 9.63. The minimum Gasteiger partial charge on any atom is -0.462 e. The third-order valence-corrected chi connectivity index (χ3v) is 5.00. The SMILES string of the molecule is CCOC(=O)c1cnn2c(C(=O)NCC3CCN(CCOC)CC3)ccnc12. The standard InChI is InChI=1S/C19H27N5O4/c1-3-28-19(26)15-13-22-24-16(4-7-20-17(15)24)18(25)21-12-14-5-8-23(9-6-14)10-11-27-2/h4,7,13-14H,3,5-6,8-12H2,1-2H3,(H,21,25). The number of amides is 1. The van der Waals surface area contributed by atoms with Crippen molar-refractivity contribution in [2.45, 2.75) is 19.8 Å². The van der Waals surface area contributed by atoms with Crippen molar-refractivity contribution < 1.29 is 19.1 Å². The summed E-state index contributed by atoms with van der Waals surface area (Å²) in [4.78, 5) is 31.2. The number of methoxy groups -OCH3 is 1. The van der Waals surface area contributed by atoms with Gasteiger partial charge in [-0.2, -0.15) is 5.10 Å². The highest BCUT2D eigenvalue weighted by molar-refractivity contribution is 5.97. The van der Waals surface area contributed by atoms with Crippen LogP contribution < -0.4 is 5.32 Å². The van der Waals surface area contributed by atoms with E-state index < -0.39 is 5.97 Å². The number of carbonyl (C=O) groups is 2. The molecule has 0 unspecified atom stereocenters. The van der Waals surface area contributed by atoms with Gasteiger partial charge in [-0.25, -0.2) is 14.3 Å². The van der Waals surface area contributed by atoms with E-state index in [1.165, 1.54) is 16.9 Å². The van der Waals surface area contributed by atoms with Crippen LogP contribution in [0.25, 0.3) is 5.65 Å². The maximum atomic E-state index is 12.7. The molecule has 9 heteroatoms. The van der Waals surface area contributed by atoms with E-state index >= 15 is 0 Å². The average Bonchev–Trinajstić information content (AvgIpc) is 3.15. The average molecular weight is 389 g/mol. The maximum absolute atomic E-state index is 12.7. The zero-order valence-electron chi connectivity index (χ0n) is 16.4. The number of rotatable bonds is 8. The van der Waals surface area contributed by atoms with Gasteiger partial charge in [-0.05, 0) is 44.8 Å². The van der Waals surface area contributed by atoms with Gasteiger partial charge in [0.05, 0.1) is 19.4 Å². The molecule has 152 valence electrons. The van der Waals surface area contributed by atoms with E-state index in [4.69, 9.17) is 9.47 Å². The van der Waals surface area contributed by atoms with Crippen molar-refractivity contribution in [2.24, 2.45) is 5.92 Å². The van der Waals surface area contributed by atoms with Gasteiger partial charge in [0.25, 0.3) is 5.91 Å². The molecule has 0 aliphatic carbocycles. The van der Waals surface area contributed by atoms with Gasteiger partial charge in [0, 0.05) is 26.4 Å². The molecule has 0 bridgehead atoms. The number of likely N-dealkylation sites (tertiary alicyclic amines) is 1. The molecular formula is C19H27N5O4. The highest BCUT2D eigenvalue weighted by Crippen LogP contribution is 2.16. The van der Waals surface area contributed by atoms with E-state index in [2.05, 4.69) is 20.3 Å². The van der Waals surface area contributed by atoms with Gasteiger partial charge in [-0.3, -0.25) is 4.79 Å². The minimum absolute atomic E-state index is 0.229. The summed E-state index contributed by atoms with van der Waals surface area (Å²) in [5.41, 5.74) is 0.913. The molecule has 1 amide bonds. The van der Waals surface area contributed by atoms with Crippen LogP contribution in [0.4, 0.5) is 0 Å². The van der Waals surface area contributed by atoms with Crippen molar-refractivity contribution in [3.8, 4) is 0 Å². The Kier molecular flexibility index (Phi) is 6.94. The zero-order chi connectivity index (χ0) is 19.9. The fraction of sp³-hybridized carbons (Fsp3) is 0.579. The minimum atomic E-state index is -0.497. The molecule has 1 aliphatic rings. The monoisotopic (exact) mass is 389 g/mol. The highest BCUT2D eigenvalue weighted by atomic mass is 16.5. The van der Waals surface area contributed by atoms with Crippen LogP contribution in [-0.2, 0) is 9.47 Å².